The molecular weight excluding hydrogens is 810 g/mol. The van der Waals surface area contributed by atoms with Gasteiger partial charge in [0.15, 0.2) is 0 Å². The number of unbranched alkanes of at least 4 members (excludes halogenated alkanes) is 1. The third kappa shape index (κ3) is 14.3. The number of aromatic nitrogens is 2. The van der Waals surface area contributed by atoms with Gasteiger partial charge in [-0.15, -0.1) is 0 Å². The van der Waals surface area contributed by atoms with E-state index in [1.807, 2.05) is 13.0 Å². The molecular formula is C46H64F5N7O2S. The van der Waals surface area contributed by atoms with Crippen LogP contribution in [0, 0.1) is 29.4 Å². The fourth-order valence-electron chi connectivity index (χ4n) is 8.26. The van der Waals surface area contributed by atoms with E-state index in [9.17, 15) is 31.5 Å². The lowest BCUT2D eigenvalue weighted by Gasteiger charge is -2.33. The second kappa shape index (κ2) is 22.9. The summed E-state index contributed by atoms with van der Waals surface area (Å²) in [6, 6.07) is 10.3. The molecule has 3 aliphatic heterocycles. The molecule has 3 atom stereocenters. The van der Waals surface area contributed by atoms with Crippen molar-refractivity contribution in [2.45, 2.75) is 141 Å². The van der Waals surface area contributed by atoms with E-state index >= 15 is 0 Å². The summed E-state index contributed by atoms with van der Waals surface area (Å²) in [7, 11) is 0. The number of amides is 2. The summed E-state index contributed by atoms with van der Waals surface area (Å²) < 4.78 is 74.0. The largest absolute Gasteiger partial charge is 0.421 e. The standard InChI is InChI=1S/C28H41F4N5S.C18H23FN2O2/c1-5-6-11-21(12-7-9-19(2)3)36-38-22-13-14-25(24(29)16-22)34-27-33-17-23(28(30,31)32)26(35-27)37-15-8-10-20(4)18-37;1-2-12-7-9-21(10-8-12)13-3-4-14(16(19)11-13)15-5-6-17(22)20-18(15)23/h13-14,16-17,19-21,36H,5-12,15,18H2,1-4H3,(H,33,34,35);3-4,11-12,15H,2,5-10H2,1H3,(H,20,22,23). The molecule has 15 heteroatoms. The number of hydrogen-bond acceptors (Lipinski definition) is 9. The number of hydrogen-bond donors (Lipinski definition) is 3. The van der Waals surface area contributed by atoms with E-state index in [4.69, 9.17) is 0 Å². The SMILES string of the molecule is CCC1CCN(c2ccc(C3CCC(=O)NC3=O)c(F)c2)CC1.CCCCC(CCCC(C)C)NSc1ccc(Nc2ncc(C(F)(F)F)c(N3CCCC(C)C3)n2)c(F)c1. The molecule has 2 amide bonds. The van der Waals surface area contributed by atoms with Crippen LogP contribution in [0.2, 0.25) is 0 Å². The van der Waals surface area contributed by atoms with Gasteiger partial charge in [-0.2, -0.15) is 18.2 Å². The Kier molecular flexibility index (Phi) is 18.1. The first-order valence-electron chi connectivity index (χ1n) is 22.2. The van der Waals surface area contributed by atoms with Gasteiger partial charge in [-0.25, -0.2) is 13.8 Å². The molecule has 0 saturated carbocycles. The Hall–Kier alpha value is -3.98. The number of carbonyl (C=O) groups is 2. The van der Waals surface area contributed by atoms with E-state index in [0.29, 0.717) is 37.0 Å². The number of nitrogens with one attached hydrogen (secondary N) is 3. The third-order valence-corrected chi connectivity index (χ3v) is 12.9. The number of anilines is 4. The summed E-state index contributed by atoms with van der Waals surface area (Å²) in [6.45, 7) is 13.8. The van der Waals surface area contributed by atoms with Gasteiger partial charge in [-0.3, -0.25) is 19.6 Å². The van der Waals surface area contributed by atoms with E-state index in [0.717, 1.165) is 93.6 Å². The summed E-state index contributed by atoms with van der Waals surface area (Å²) in [5, 5.41) is 5.07. The van der Waals surface area contributed by atoms with Gasteiger partial charge in [0.25, 0.3) is 0 Å². The van der Waals surface area contributed by atoms with Crippen molar-refractivity contribution in [3.05, 3.63) is 65.4 Å². The van der Waals surface area contributed by atoms with E-state index in [1.165, 1.54) is 36.9 Å². The second-order valence-corrected chi connectivity index (χ2v) is 18.2. The van der Waals surface area contributed by atoms with Gasteiger partial charge < -0.3 is 15.1 Å². The molecule has 0 radical (unpaired) electrons. The molecule has 6 rings (SSSR count). The highest BCUT2D eigenvalue weighted by Crippen LogP contribution is 2.38. The van der Waals surface area contributed by atoms with E-state index in [-0.39, 0.29) is 41.5 Å². The topological polar surface area (TPSA) is 102 Å². The van der Waals surface area contributed by atoms with E-state index in [2.05, 4.69) is 57.9 Å². The van der Waals surface area contributed by atoms with Crippen LogP contribution >= 0.6 is 11.9 Å². The van der Waals surface area contributed by atoms with Gasteiger partial charge >= 0.3 is 6.18 Å². The van der Waals surface area contributed by atoms with Crippen molar-refractivity contribution in [3.8, 4) is 0 Å². The van der Waals surface area contributed by atoms with Crippen LogP contribution in [0.4, 0.5) is 45.1 Å². The number of piperidine rings is 3. The molecule has 0 bridgehead atoms. The van der Waals surface area contributed by atoms with Crippen molar-refractivity contribution in [1.29, 1.82) is 0 Å². The first kappa shape index (κ1) is 48.1. The van der Waals surface area contributed by atoms with Crippen LogP contribution in [0.15, 0.2) is 47.5 Å². The zero-order valence-electron chi connectivity index (χ0n) is 36.4. The van der Waals surface area contributed by atoms with Gasteiger partial charge in [0.2, 0.25) is 17.8 Å². The number of halogens is 5. The van der Waals surface area contributed by atoms with Crippen molar-refractivity contribution < 1.29 is 31.5 Å². The van der Waals surface area contributed by atoms with Crippen molar-refractivity contribution >= 4 is 46.9 Å². The minimum Gasteiger partial charge on any atom is -0.371 e. The summed E-state index contributed by atoms with van der Waals surface area (Å²) in [5.74, 6) is -0.596. The minimum atomic E-state index is -4.57. The number of benzene rings is 2. The van der Waals surface area contributed by atoms with Crippen molar-refractivity contribution in [2.24, 2.45) is 17.8 Å². The predicted molar refractivity (Wildman–Crippen MR) is 235 cm³/mol. The molecule has 336 valence electrons. The highest BCUT2D eigenvalue weighted by Gasteiger charge is 2.38. The molecule has 3 saturated heterocycles. The predicted octanol–water partition coefficient (Wildman–Crippen LogP) is 11.6. The Labute approximate surface area is 362 Å². The molecule has 9 nitrogen and oxygen atoms in total. The minimum absolute atomic E-state index is 0.0616. The number of rotatable bonds is 16. The average Bonchev–Trinajstić information content (AvgIpc) is 3.22. The molecule has 2 aromatic carbocycles. The maximum absolute atomic E-state index is 15.0. The zero-order chi connectivity index (χ0) is 44.1. The average molecular weight is 874 g/mol. The molecule has 3 aromatic rings. The summed E-state index contributed by atoms with van der Waals surface area (Å²) >= 11 is 1.41. The fourth-order valence-corrected chi connectivity index (χ4v) is 9.10. The molecule has 4 heterocycles. The van der Waals surface area contributed by atoms with Crippen LogP contribution in [0.25, 0.3) is 0 Å². The maximum atomic E-state index is 15.0. The molecule has 0 spiro atoms. The Bertz CT molecular complexity index is 1890. The van der Waals surface area contributed by atoms with Gasteiger partial charge in [0, 0.05) is 61.0 Å². The zero-order valence-corrected chi connectivity index (χ0v) is 37.2. The fraction of sp³-hybridized carbons (Fsp3) is 0.609. The molecule has 3 fully saturated rings. The van der Waals surface area contributed by atoms with E-state index in [1.54, 1.807) is 23.1 Å². The first-order chi connectivity index (χ1) is 29.1. The molecule has 3 aliphatic rings. The van der Waals surface area contributed by atoms with Crippen molar-refractivity contribution in [3.63, 3.8) is 0 Å². The smallest absolute Gasteiger partial charge is 0.371 e. The number of alkyl halides is 3. The van der Waals surface area contributed by atoms with Crippen molar-refractivity contribution in [2.75, 3.05) is 41.3 Å². The normalized spacial score (nSPS) is 19.4. The maximum Gasteiger partial charge on any atom is 0.421 e. The lowest BCUT2D eigenvalue weighted by atomic mass is 9.89. The highest BCUT2D eigenvalue weighted by molar-refractivity contribution is 7.97. The van der Waals surface area contributed by atoms with Crippen LogP contribution < -0.4 is 25.2 Å². The molecule has 61 heavy (non-hydrogen) atoms. The van der Waals surface area contributed by atoms with Crippen LogP contribution in [0.1, 0.15) is 135 Å². The molecule has 3 unspecified atom stereocenters. The lowest BCUT2D eigenvalue weighted by Crippen LogP contribution is -2.39. The summed E-state index contributed by atoms with van der Waals surface area (Å²) in [6.07, 6.45) is 8.89. The molecule has 0 aliphatic carbocycles. The lowest BCUT2D eigenvalue weighted by molar-refractivity contribution is -0.138. The number of nitrogens with zero attached hydrogens (tertiary/aromatic N) is 4. The van der Waals surface area contributed by atoms with Crippen LogP contribution in [-0.2, 0) is 15.8 Å². The van der Waals surface area contributed by atoms with Crippen LogP contribution in [-0.4, -0.2) is 54.0 Å². The second-order valence-electron chi connectivity index (χ2n) is 17.3. The molecule has 3 N–H and O–H groups in total. The van der Waals surface area contributed by atoms with Gasteiger partial charge in [-0.05, 0) is 105 Å². The third-order valence-electron chi connectivity index (χ3n) is 12.0. The van der Waals surface area contributed by atoms with Gasteiger partial charge in [-0.1, -0.05) is 72.8 Å². The number of carbonyl (C=O) groups excluding carboxylic acids is 2. The summed E-state index contributed by atoms with van der Waals surface area (Å²) in [5.41, 5.74) is 0.517. The highest BCUT2D eigenvalue weighted by atomic mass is 32.2. The van der Waals surface area contributed by atoms with Gasteiger partial charge in [0.1, 0.15) is 23.0 Å². The Morgan fingerprint density at radius 3 is 2.31 bits per heavy atom. The molecule has 1 aromatic heterocycles. The number of imide groups is 1. The first-order valence-corrected chi connectivity index (χ1v) is 23.0. The quantitative estimate of drug-likeness (QED) is 0.0737. The van der Waals surface area contributed by atoms with Crippen molar-refractivity contribution in [1.82, 2.24) is 20.0 Å². The Morgan fingerprint density at radius 2 is 1.67 bits per heavy atom. The summed E-state index contributed by atoms with van der Waals surface area (Å²) in [4.78, 5) is 35.8. The Morgan fingerprint density at radius 1 is 0.918 bits per heavy atom. The van der Waals surface area contributed by atoms with Gasteiger partial charge in [0.05, 0.1) is 11.6 Å². The Balaban J connectivity index is 0.000000260. The monoisotopic (exact) mass is 873 g/mol. The van der Waals surface area contributed by atoms with E-state index < -0.39 is 29.4 Å². The van der Waals surface area contributed by atoms with Crippen LogP contribution in [0.5, 0.6) is 0 Å². The van der Waals surface area contributed by atoms with Crippen LogP contribution in [0.3, 0.4) is 0 Å².